The van der Waals surface area contributed by atoms with Gasteiger partial charge in [0, 0.05) is 5.56 Å². The van der Waals surface area contributed by atoms with Crippen LogP contribution in [0.15, 0.2) is 12.1 Å². The molecule has 19 heavy (non-hydrogen) atoms. The number of hydrogen-bond acceptors (Lipinski definition) is 3. The quantitative estimate of drug-likeness (QED) is 0.727. The fourth-order valence-electron chi connectivity index (χ4n) is 2.01. The summed E-state index contributed by atoms with van der Waals surface area (Å²) in [6.07, 6.45) is 0. The molecular formula is C14H21O4P. The van der Waals surface area contributed by atoms with Crippen LogP contribution in [0.2, 0.25) is 0 Å². The Morgan fingerprint density at radius 3 is 2.05 bits per heavy atom. The molecule has 0 spiro atoms. The van der Waals surface area contributed by atoms with Crippen LogP contribution in [0.5, 0.6) is 11.5 Å². The Labute approximate surface area is 114 Å². The zero-order chi connectivity index (χ0) is 14.6. The highest BCUT2D eigenvalue weighted by atomic mass is 31.2. The molecule has 5 heteroatoms. The monoisotopic (exact) mass is 284 g/mol. The predicted molar refractivity (Wildman–Crippen MR) is 74.9 cm³/mol. The summed E-state index contributed by atoms with van der Waals surface area (Å²) in [6, 6.07) is 3.83. The van der Waals surface area contributed by atoms with Crippen LogP contribution in [0.25, 0.3) is 0 Å². The maximum Gasteiger partial charge on any atom is 0.585 e. The first kappa shape index (κ1) is 14.4. The smallest absolute Gasteiger partial charge is 0.391 e. The van der Waals surface area contributed by atoms with Gasteiger partial charge in [-0.1, -0.05) is 47.6 Å². The van der Waals surface area contributed by atoms with Crippen molar-refractivity contribution in [1.82, 2.24) is 0 Å². The molecule has 0 radical (unpaired) electrons. The number of phosphoric ester groups is 1. The van der Waals surface area contributed by atoms with Gasteiger partial charge in [0.05, 0.1) is 0 Å². The van der Waals surface area contributed by atoms with E-state index in [4.69, 9.17) is 9.05 Å². The van der Waals surface area contributed by atoms with Gasteiger partial charge < -0.3 is 9.05 Å². The summed E-state index contributed by atoms with van der Waals surface area (Å²) in [4.78, 5) is 9.51. The minimum absolute atomic E-state index is 0.0690. The van der Waals surface area contributed by atoms with Crippen molar-refractivity contribution in [3.05, 3.63) is 23.3 Å². The first-order valence-corrected chi connectivity index (χ1v) is 7.81. The molecule has 0 saturated carbocycles. The Balaban J connectivity index is 2.68. The first-order valence-electron chi connectivity index (χ1n) is 6.31. The lowest BCUT2D eigenvalue weighted by Crippen LogP contribution is -2.16. The summed E-state index contributed by atoms with van der Waals surface area (Å²) in [5.74, 6) is 0.759. The summed E-state index contributed by atoms with van der Waals surface area (Å²) in [5.41, 5.74) is 1.68. The molecular weight excluding hydrogens is 263 g/mol. The van der Waals surface area contributed by atoms with Gasteiger partial charge in [0.25, 0.3) is 0 Å². The molecule has 0 fully saturated rings. The van der Waals surface area contributed by atoms with Crippen LogP contribution >= 0.6 is 7.82 Å². The molecule has 1 atom stereocenters. The lowest BCUT2D eigenvalue weighted by atomic mass is 9.80. The van der Waals surface area contributed by atoms with Crippen molar-refractivity contribution >= 4 is 7.82 Å². The van der Waals surface area contributed by atoms with Gasteiger partial charge in [-0.25, -0.2) is 4.57 Å². The standard InChI is InChI=1S/C14H21O4P/c1-13(2,3)9-7-10(14(4,5)6)12-11(8-9)17-19(15,16)18-12/h7-8H,1-6H3,(H,15,16). The third kappa shape index (κ3) is 2.80. The lowest BCUT2D eigenvalue weighted by Gasteiger charge is -2.25. The molecule has 106 valence electrons. The largest absolute Gasteiger partial charge is 0.585 e. The molecule has 2 rings (SSSR count). The molecule has 4 nitrogen and oxygen atoms in total. The maximum absolute atomic E-state index is 11.6. The van der Waals surface area contributed by atoms with E-state index < -0.39 is 7.82 Å². The molecule has 1 heterocycles. The number of hydrogen-bond donors (Lipinski definition) is 1. The van der Waals surface area contributed by atoms with E-state index in [1.165, 1.54) is 0 Å². The summed E-state index contributed by atoms with van der Waals surface area (Å²) in [7, 11) is -3.99. The topological polar surface area (TPSA) is 55.8 Å². The van der Waals surface area contributed by atoms with Crippen LogP contribution in [0, 0.1) is 0 Å². The highest BCUT2D eigenvalue weighted by Gasteiger charge is 2.39. The van der Waals surface area contributed by atoms with Crippen LogP contribution < -0.4 is 9.05 Å². The van der Waals surface area contributed by atoms with Crippen LogP contribution in [0.4, 0.5) is 0 Å². The van der Waals surface area contributed by atoms with Crippen molar-refractivity contribution in [2.45, 2.75) is 52.4 Å². The van der Waals surface area contributed by atoms with E-state index >= 15 is 0 Å². The van der Waals surface area contributed by atoms with Gasteiger partial charge in [0.2, 0.25) is 0 Å². The molecule has 1 aliphatic heterocycles. The Morgan fingerprint density at radius 2 is 1.58 bits per heavy atom. The van der Waals surface area contributed by atoms with E-state index in [1.54, 1.807) is 6.07 Å². The Bertz CT molecular complexity index is 564. The van der Waals surface area contributed by atoms with Gasteiger partial charge in [0.15, 0.2) is 11.5 Å². The molecule has 0 aliphatic carbocycles. The number of rotatable bonds is 0. The summed E-state index contributed by atoms with van der Waals surface area (Å²) >= 11 is 0. The van der Waals surface area contributed by atoms with Crippen molar-refractivity contribution in [2.75, 3.05) is 0 Å². The second-order valence-electron chi connectivity index (χ2n) is 7.00. The van der Waals surface area contributed by atoms with E-state index in [2.05, 4.69) is 20.8 Å². The minimum Gasteiger partial charge on any atom is -0.391 e. The average molecular weight is 284 g/mol. The zero-order valence-electron chi connectivity index (χ0n) is 12.3. The molecule has 0 amide bonds. The van der Waals surface area contributed by atoms with E-state index in [-0.39, 0.29) is 10.8 Å². The van der Waals surface area contributed by atoms with Gasteiger partial charge in [0.1, 0.15) is 0 Å². The zero-order valence-corrected chi connectivity index (χ0v) is 13.2. The van der Waals surface area contributed by atoms with Crippen molar-refractivity contribution in [2.24, 2.45) is 0 Å². The molecule has 0 bridgehead atoms. The van der Waals surface area contributed by atoms with Crippen LogP contribution in [-0.4, -0.2) is 4.89 Å². The van der Waals surface area contributed by atoms with E-state index in [9.17, 15) is 9.46 Å². The minimum atomic E-state index is -3.99. The van der Waals surface area contributed by atoms with Crippen LogP contribution in [-0.2, 0) is 15.4 Å². The lowest BCUT2D eigenvalue weighted by molar-refractivity contribution is 0.322. The van der Waals surface area contributed by atoms with E-state index in [1.807, 2.05) is 26.8 Å². The van der Waals surface area contributed by atoms with Crippen molar-refractivity contribution in [3.63, 3.8) is 0 Å². The molecule has 1 aliphatic rings. The third-order valence-electron chi connectivity index (χ3n) is 3.15. The average Bonchev–Trinajstić information content (AvgIpc) is 2.46. The first-order chi connectivity index (χ1) is 8.40. The highest BCUT2D eigenvalue weighted by Crippen LogP contribution is 2.59. The highest BCUT2D eigenvalue weighted by molar-refractivity contribution is 7.48. The van der Waals surface area contributed by atoms with Gasteiger partial charge in [-0.3, -0.25) is 4.89 Å². The second-order valence-corrected chi connectivity index (χ2v) is 8.30. The Hall–Kier alpha value is -0.990. The summed E-state index contributed by atoms with van der Waals surface area (Å²) < 4.78 is 21.8. The van der Waals surface area contributed by atoms with Crippen LogP contribution in [0.3, 0.4) is 0 Å². The number of fused-ring (bicyclic) bond motifs is 1. The molecule has 0 aromatic heterocycles. The van der Waals surface area contributed by atoms with Crippen molar-refractivity contribution < 1.29 is 18.5 Å². The van der Waals surface area contributed by atoms with Crippen molar-refractivity contribution in [3.8, 4) is 11.5 Å². The van der Waals surface area contributed by atoms with Gasteiger partial charge >= 0.3 is 7.82 Å². The van der Waals surface area contributed by atoms with Gasteiger partial charge in [-0.2, -0.15) is 0 Å². The molecule has 0 saturated heterocycles. The van der Waals surface area contributed by atoms with Crippen LogP contribution in [0.1, 0.15) is 52.7 Å². The summed E-state index contributed by atoms with van der Waals surface area (Å²) in [5, 5.41) is 0. The van der Waals surface area contributed by atoms with E-state index in [0.717, 1.165) is 11.1 Å². The normalized spacial score (nSPS) is 22.7. The Kier molecular flexibility index (Phi) is 3.04. The fraction of sp³-hybridized carbons (Fsp3) is 0.571. The van der Waals surface area contributed by atoms with Gasteiger partial charge in [-0.05, 0) is 22.5 Å². The van der Waals surface area contributed by atoms with Crippen molar-refractivity contribution in [1.29, 1.82) is 0 Å². The fourth-order valence-corrected chi connectivity index (χ4v) is 2.85. The number of phosphoric acid groups is 1. The maximum atomic E-state index is 11.6. The Morgan fingerprint density at radius 1 is 1.00 bits per heavy atom. The van der Waals surface area contributed by atoms with E-state index in [0.29, 0.717) is 11.5 Å². The van der Waals surface area contributed by atoms with Gasteiger partial charge in [-0.15, -0.1) is 0 Å². The number of benzene rings is 1. The third-order valence-corrected chi connectivity index (χ3v) is 3.99. The molecule has 1 aromatic carbocycles. The SMILES string of the molecule is CC(C)(C)c1cc2c(c(C(C)(C)C)c1)OP(=O)(O)O2. The summed E-state index contributed by atoms with van der Waals surface area (Å²) in [6.45, 7) is 12.4. The second kappa shape index (κ2) is 4.00. The molecule has 1 N–H and O–H groups in total. The molecule has 1 unspecified atom stereocenters. The molecule has 1 aromatic rings. The predicted octanol–water partition coefficient (Wildman–Crippen LogP) is 4.15.